The summed E-state index contributed by atoms with van der Waals surface area (Å²) in [5.74, 6) is 0.0142. The van der Waals surface area contributed by atoms with Crippen molar-refractivity contribution in [3.63, 3.8) is 0 Å². The molecule has 0 saturated carbocycles. The molecular formula is C19H17ClN2O. The van der Waals surface area contributed by atoms with E-state index in [2.05, 4.69) is 4.90 Å². The zero-order valence-corrected chi connectivity index (χ0v) is 13.5. The molecule has 0 aromatic heterocycles. The van der Waals surface area contributed by atoms with Gasteiger partial charge in [0.25, 0.3) is 5.91 Å². The van der Waals surface area contributed by atoms with E-state index in [0.29, 0.717) is 5.02 Å². The molecule has 0 aliphatic carbocycles. The van der Waals surface area contributed by atoms with Gasteiger partial charge >= 0.3 is 0 Å². The number of hydrogen-bond donors (Lipinski definition) is 0. The van der Waals surface area contributed by atoms with Gasteiger partial charge in [-0.25, -0.2) is 0 Å². The minimum Gasteiger partial charge on any atom is -0.377 e. The number of rotatable bonds is 2. The highest BCUT2D eigenvalue weighted by atomic mass is 35.5. The van der Waals surface area contributed by atoms with Gasteiger partial charge in [-0.1, -0.05) is 35.9 Å². The maximum absolute atomic E-state index is 13.0. The molecule has 0 atom stereocenters. The van der Waals surface area contributed by atoms with E-state index in [1.165, 1.54) is 12.8 Å². The van der Waals surface area contributed by atoms with Crippen LogP contribution in [0, 0.1) is 0 Å². The molecule has 2 aliphatic rings. The van der Waals surface area contributed by atoms with Crippen LogP contribution >= 0.6 is 11.6 Å². The van der Waals surface area contributed by atoms with Gasteiger partial charge in [-0.05, 0) is 37.1 Å². The normalized spacial score (nSPS) is 18.8. The number of hydrogen-bond acceptors (Lipinski definition) is 2. The van der Waals surface area contributed by atoms with Crippen molar-refractivity contribution in [2.45, 2.75) is 12.8 Å². The molecule has 4 heteroatoms. The average Bonchev–Trinajstić information content (AvgIpc) is 3.15. The van der Waals surface area contributed by atoms with Crippen molar-refractivity contribution in [2.24, 2.45) is 0 Å². The molecule has 2 heterocycles. The molecule has 116 valence electrons. The first-order valence-corrected chi connectivity index (χ1v) is 8.27. The zero-order valence-electron chi connectivity index (χ0n) is 12.7. The van der Waals surface area contributed by atoms with Crippen LogP contribution in [0.1, 0.15) is 18.4 Å². The van der Waals surface area contributed by atoms with Crippen molar-refractivity contribution in [2.75, 3.05) is 18.0 Å². The van der Waals surface area contributed by atoms with Crippen LogP contribution in [0.15, 0.2) is 54.7 Å². The molecule has 0 N–H and O–H groups in total. The lowest BCUT2D eigenvalue weighted by molar-refractivity contribution is -0.112. The summed E-state index contributed by atoms with van der Waals surface area (Å²) in [4.78, 5) is 17.0. The number of halogens is 1. The smallest absolute Gasteiger partial charge is 0.265 e. The van der Waals surface area contributed by atoms with E-state index < -0.39 is 0 Å². The molecule has 0 spiro atoms. The Morgan fingerprint density at radius 3 is 2.57 bits per heavy atom. The molecule has 1 fully saturated rings. The van der Waals surface area contributed by atoms with Gasteiger partial charge in [-0.2, -0.15) is 0 Å². The van der Waals surface area contributed by atoms with Crippen molar-refractivity contribution in [3.05, 3.63) is 65.3 Å². The number of nitrogens with zero attached hydrogens (tertiary/aromatic N) is 2. The fraction of sp³-hybridized carbons (Fsp3) is 0.211. The fourth-order valence-electron chi connectivity index (χ4n) is 3.29. The quantitative estimate of drug-likeness (QED) is 0.762. The van der Waals surface area contributed by atoms with Gasteiger partial charge in [0.15, 0.2) is 0 Å². The van der Waals surface area contributed by atoms with Crippen LogP contribution in [-0.2, 0) is 4.79 Å². The number of carbonyl (C=O) groups excluding carboxylic acids is 1. The summed E-state index contributed by atoms with van der Waals surface area (Å²) in [5, 5.41) is 0.629. The van der Waals surface area contributed by atoms with Crippen molar-refractivity contribution >= 4 is 34.5 Å². The van der Waals surface area contributed by atoms with Crippen molar-refractivity contribution < 1.29 is 4.79 Å². The van der Waals surface area contributed by atoms with Crippen LogP contribution in [-0.4, -0.2) is 23.9 Å². The summed E-state index contributed by atoms with van der Waals surface area (Å²) in [6, 6.07) is 15.4. The molecule has 1 saturated heterocycles. The van der Waals surface area contributed by atoms with Gasteiger partial charge in [-0.3, -0.25) is 9.69 Å². The van der Waals surface area contributed by atoms with E-state index in [9.17, 15) is 4.79 Å². The van der Waals surface area contributed by atoms with Gasteiger partial charge in [-0.15, -0.1) is 0 Å². The maximum atomic E-state index is 13.0. The molecule has 2 aromatic rings. The Balaban J connectivity index is 1.81. The third-order valence-corrected chi connectivity index (χ3v) is 4.62. The van der Waals surface area contributed by atoms with Crippen molar-refractivity contribution in [1.29, 1.82) is 0 Å². The topological polar surface area (TPSA) is 23.6 Å². The van der Waals surface area contributed by atoms with Crippen LogP contribution in [0.3, 0.4) is 0 Å². The first-order chi connectivity index (χ1) is 11.2. The predicted octanol–water partition coefficient (Wildman–Crippen LogP) is 4.46. The number of anilines is 2. The molecule has 0 unspecified atom stereocenters. The molecular weight excluding hydrogens is 308 g/mol. The third-order valence-electron chi connectivity index (χ3n) is 4.39. The van der Waals surface area contributed by atoms with Crippen LogP contribution in [0.25, 0.3) is 5.57 Å². The third kappa shape index (κ3) is 2.51. The van der Waals surface area contributed by atoms with Crippen LogP contribution in [0.5, 0.6) is 0 Å². The first-order valence-electron chi connectivity index (χ1n) is 7.89. The number of carbonyl (C=O) groups is 1. The Bertz CT molecular complexity index is 793. The SMILES string of the molecule is O=C1/C(=C\N2CCCC2)c2ccccc2N1c1cccc(Cl)c1. The standard InChI is InChI=1S/C19H17ClN2O/c20-14-6-5-7-15(12-14)22-18-9-2-1-8-16(18)17(19(22)23)13-21-10-3-4-11-21/h1-2,5-9,12-13H,3-4,10-11H2/b17-13-. The van der Waals surface area contributed by atoms with E-state index in [0.717, 1.165) is 35.6 Å². The van der Waals surface area contributed by atoms with Crippen molar-refractivity contribution in [3.8, 4) is 0 Å². The molecule has 0 radical (unpaired) electrons. The highest BCUT2D eigenvalue weighted by Gasteiger charge is 2.33. The zero-order chi connectivity index (χ0) is 15.8. The predicted molar refractivity (Wildman–Crippen MR) is 93.8 cm³/mol. The number of benzene rings is 2. The lowest BCUT2D eigenvalue weighted by Crippen LogP contribution is -2.21. The Morgan fingerprint density at radius 1 is 1.00 bits per heavy atom. The van der Waals surface area contributed by atoms with Crippen LogP contribution < -0.4 is 4.90 Å². The molecule has 23 heavy (non-hydrogen) atoms. The minimum absolute atomic E-state index is 0.0142. The second-order valence-electron chi connectivity index (χ2n) is 5.92. The summed E-state index contributed by atoms with van der Waals surface area (Å²) < 4.78 is 0. The summed E-state index contributed by atoms with van der Waals surface area (Å²) in [5.41, 5.74) is 3.48. The Labute approximate surface area is 140 Å². The second kappa shape index (κ2) is 5.74. The lowest BCUT2D eigenvalue weighted by atomic mass is 10.1. The summed E-state index contributed by atoms with van der Waals surface area (Å²) in [6.45, 7) is 2.05. The van der Waals surface area contributed by atoms with Gasteiger partial charge in [0.2, 0.25) is 0 Å². The summed E-state index contributed by atoms with van der Waals surface area (Å²) >= 11 is 6.11. The highest BCUT2D eigenvalue weighted by molar-refractivity contribution is 6.35. The van der Waals surface area contributed by atoms with E-state index in [4.69, 9.17) is 11.6 Å². The van der Waals surface area contributed by atoms with Gasteiger partial charge < -0.3 is 4.90 Å². The molecule has 4 rings (SSSR count). The van der Waals surface area contributed by atoms with Crippen LogP contribution in [0.2, 0.25) is 5.02 Å². The number of amides is 1. The minimum atomic E-state index is 0.0142. The molecule has 3 nitrogen and oxygen atoms in total. The lowest BCUT2D eigenvalue weighted by Gasteiger charge is -2.17. The van der Waals surface area contributed by atoms with Crippen LogP contribution in [0.4, 0.5) is 11.4 Å². The number of para-hydroxylation sites is 1. The van der Waals surface area contributed by atoms with Crippen molar-refractivity contribution in [1.82, 2.24) is 4.90 Å². The van der Waals surface area contributed by atoms with E-state index in [-0.39, 0.29) is 5.91 Å². The molecule has 2 aliphatic heterocycles. The monoisotopic (exact) mass is 324 g/mol. The van der Waals surface area contributed by atoms with Gasteiger partial charge in [0, 0.05) is 29.9 Å². The summed E-state index contributed by atoms with van der Waals surface area (Å²) in [6.07, 6.45) is 4.41. The molecule has 2 aromatic carbocycles. The first kappa shape index (κ1) is 14.3. The molecule has 1 amide bonds. The number of likely N-dealkylation sites (tertiary alicyclic amines) is 1. The fourth-order valence-corrected chi connectivity index (χ4v) is 3.48. The van der Waals surface area contributed by atoms with Gasteiger partial charge in [0.05, 0.1) is 16.9 Å². The maximum Gasteiger partial charge on any atom is 0.265 e. The average molecular weight is 325 g/mol. The number of fused-ring (bicyclic) bond motifs is 1. The van der Waals surface area contributed by atoms with E-state index in [1.807, 2.05) is 54.7 Å². The largest absolute Gasteiger partial charge is 0.377 e. The second-order valence-corrected chi connectivity index (χ2v) is 6.36. The van der Waals surface area contributed by atoms with E-state index >= 15 is 0 Å². The Kier molecular flexibility index (Phi) is 3.58. The molecule has 0 bridgehead atoms. The van der Waals surface area contributed by atoms with E-state index in [1.54, 1.807) is 4.90 Å². The van der Waals surface area contributed by atoms with Gasteiger partial charge in [0.1, 0.15) is 0 Å². The Hall–Kier alpha value is -2.26. The highest BCUT2D eigenvalue weighted by Crippen LogP contribution is 2.42. The summed E-state index contributed by atoms with van der Waals surface area (Å²) in [7, 11) is 0. The Morgan fingerprint density at radius 2 is 1.78 bits per heavy atom.